The van der Waals surface area contributed by atoms with E-state index >= 15 is 0 Å². The zero-order valence-electron chi connectivity index (χ0n) is 11.9. The fourth-order valence-corrected chi connectivity index (χ4v) is 1.94. The van der Waals surface area contributed by atoms with Crippen LogP contribution in [0.5, 0.6) is 11.5 Å². The predicted molar refractivity (Wildman–Crippen MR) is 80.1 cm³/mol. The number of fused-ring (bicyclic) bond motifs is 1. The molecule has 0 saturated carbocycles. The first-order valence-corrected chi connectivity index (χ1v) is 6.61. The summed E-state index contributed by atoms with van der Waals surface area (Å²) in [7, 11) is 1.58. The van der Waals surface area contributed by atoms with Crippen molar-refractivity contribution in [2.75, 3.05) is 19.0 Å². The van der Waals surface area contributed by atoms with Gasteiger partial charge in [0.05, 0.1) is 12.8 Å². The molecule has 0 aliphatic heterocycles. The number of nitrogens with one attached hydrogen (secondary N) is 1. The van der Waals surface area contributed by atoms with Crippen LogP contribution in [0.25, 0.3) is 5.65 Å². The maximum Gasteiger partial charge on any atom is 0.262 e. The van der Waals surface area contributed by atoms with Crippen molar-refractivity contribution >= 4 is 17.2 Å². The Balaban J connectivity index is 1.59. The van der Waals surface area contributed by atoms with Crippen LogP contribution < -0.4 is 14.8 Å². The van der Waals surface area contributed by atoms with Crippen LogP contribution in [0.15, 0.2) is 48.9 Å². The second-order valence-corrected chi connectivity index (χ2v) is 4.53. The first-order chi connectivity index (χ1) is 10.7. The molecule has 0 spiro atoms. The Morgan fingerprint density at radius 1 is 1.27 bits per heavy atom. The van der Waals surface area contributed by atoms with E-state index in [1.54, 1.807) is 60.4 Å². The minimum absolute atomic E-state index is 0.0899. The lowest BCUT2D eigenvalue weighted by molar-refractivity contribution is -0.118. The summed E-state index contributed by atoms with van der Waals surface area (Å²) in [5.74, 6) is 0.995. The van der Waals surface area contributed by atoms with Gasteiger partial charge in [-0.05, 0) is 24.3 Å². The highest BCUT2D eigenvalue weighted by Crippen LogP contribution is 2.18. The Morgan fingerprint density at radius 3 is 3.00 bits per heavy atom. The van der Waals surface area contributed by atoms with Crippen molar-refractivity contribution in [1.82, 2.24) is 14.6 Å². The Bertz CT molecular complexity index is 800. The van der Waals surface area contributed by atoms with Crippen molar-refractivity contribution in [2.24, 2.45) is 0 Å². The van der Waals surface area contributed by atoms with Gasteiger partial charge in [0.1, 0.15) is 17.8 Å². The molecule has 1 amide bonds. The van der Waals surface area contributed by atoms with Gasteiger partial charge in [-0.2, -0.15) is 0 Å². The number of hydrogen-bond donors (Lipinski definition) is 1. The lowest BCUT2D eigenvalue weighted by Crippen LogP contribution is -2.20. The van der Waals surface area contributed by atoms with E-state index in [1.165, 1.54) is 0 Å². The molecule has 3 rings (SSSR count). The summed E-state index contributed by atoms with van der Waals surface area (Å²) in [5.41, 5.74) is 1.36. The summed E-state index contributed by atoms with van der Waals surface area (Å²) in [6.45, 7) is -0.0899. The molecule has 1 N–H and O–H groups in total. The third kappa shape index (κ3) is 3.14. The summed E-state index contributed by atoms with van der Waals surface area (Å²) in [4.78, 5) is 11.9. The molecule has 1 aromatic carbocycles. The Morgan fingerprint density at radius 2 is 2.14 bits per heavy atom. The summed E-state index contributed by atoms with van der Waals surface area (Å²) < 4.78 is 12.2. The summed E-state index contributed by atoms with van der Waals surface area (Å²) >= 11 is 0. The van der Waals surface area contributed by atoms with Crippen molar-refractivity contribution in [2.45, 2.75) is 0 Å². The van der Waals surface area contributed by atoms with Gasteiger partial charge in [0.2, 0.25) is 0 Å². The van der Waals surface area contributed by atoms with Gasteiger partial charge in [0, 0.05) is 12.3 Å². The van der Waals surface area contributed by atoms with Gasteiger partial charge in [-0.15, -0.1) is 10.2 Å². The molecule has 22 heavy (non-hydrogen) atoms. The molecule has 0 bridgehead atoms. The molecule has 2 aromatic heterocycles. The molecule has 0 fully saturated rings. The van der Waals surface area contributed by atoms with E-state index in [0.717, 1.165) is 0 Å². The highest BCUT2D eigenvalue weighted by Gasteiger charge is 2.05. The highest BCUT2D eigenvalue weighted by molar-refractivity contribution is 5.91. The normalized spacial score (nSPS) is 10.4. The van der Waals surface area contributed by atoms with Crippen molar-refractivity contribution in [1.29, 1.82) is 0 Å². The van der Waals surface area contributed by atoms with Crippen LogP contribution in [0, 0.1) is 0 Å². The molecule has 0 aliphatic rings. The van der Waals surface area contributed by atoms with Gasteiger partial charge < -0.3 is 14.8 Å². The van der Waals surface area contributed by atoms with Crippen LogP contribution in [-0.4, -0.2) is 34.2 Å². The minimum atomic E-state index is -0.254. The van der Waals surface area contributed by atoms with E-state index in [4.69, 9.17) is 9.47 Å². The van der Waals surface area contributed by atoms with E-state index in [-0.39, 0.29) is 12.5 Å². The van der Waals surface area contributed by atoms with Crippen LogP contribution in [-0.2, 0) is 4.79 Å². The molecular formula is C15H14N4O3. The summed E-state index contributed by atoms with van der Waals surface area (Å²) in [6.07, 6.45) is 3.30. The van der Waals surface area contributed by atoms with Crippen molar-refractivity contribution in [3.05, 3.63) is 48.9 Å². The smallest absolute Gasteiger partial charge is 0.262 e. The fourth-order valence-electron chi connectivity index (χ4n) is 1.94. The zero-order valence-corrected chi connectivity index (χ0v) is 11.9. The van der Waals surface area contributed by atoms with E-state index in [9.17, 15) is 4.79 Å². The topological polar surface area (TPSA) is 77.8 Å². The van der Waals surface area contributed by atoms with Crippen LogP contribution in [0.1, 0.15) is 0 Å². The molecule has 0 radical (unpaired) electrons. The maximum atomic E-state index is 11.9. The number of pyridine rings is 1. The SMILES string of the molecule is COc1cccc(OCC(=O)Nc2ccc3nncn3c2)c1. The molecule has 0 aliphatic carbocycles. The third-order valence-corrected chi connectivity index (χ3v) is 2.99. The van der Waals surface area contributed by atoms with E-state index in [0.29, 0.717) is 22.8 Å². The number of nitrogens with zero attached hydrogens (tertiary/aromatic N) is 3. The second kappa shape index (κ2) is 6.13. The number of aromatic nitrogens is 3. The van der Waals surface area contributed by atoms with Crippen molar-refractivity contribution in [3.8, 4) is 11.5 Å². The molecule has 0 saturated heterocycles. The van der Waals surface area contributed by atoms with Gasteiger partial charge in [-0.3, -0.25) is 9.20 Å². The average Bonchev–Trinajstić information content (AvgIpc) is 3.01. The Hall–Kier alpha value is -3.09. The van der Waals surface area contributed by atoms with Crippen LogP contribution >= 0.6 is 0 Å². The number of rotatable bonds is 5. The predicted octanol–water partition coefficient (Wildman–Crippen LogP) is 1.76. The molecule has 7 heteroatoms. The lowest BCUT2D eigenvalue weighted by atomic mass is 10.3. The molecule has 0 atom stereocenters. The van der Waals surface area contributed by atoms with Crippen molar-refractivity contribution in [3.63, 3.8) is 0 Å². The number of amides is 1. The van der Waals surface area contributed by atoms with E-state index in [2.05, 4.69) is 15.5 Å². The standard InChI is InChI=1S/C15H14N4O3/c1-21-12-3-2-4-13(7-12)22-9-15(20)17-11-5-6-14-18-16-10-19(14)8-11/h2-8,10H,9H2,1H3,(H,17,20). The van der Waals surface area contributed by atoms with Gasteiger partial charge >= 0.3 is 0 Å². The van der Waals surface area contributed by atoms with Crippen molar-refractivity contribution < 1.29 is 14.3 Å². The molecule has 2 heterocycles. The minimum Gasteiger partial charge on any atom is -0.497 e. The maximum absolute atomic E-state index is 11.9. The molecule has 3 aromatic rings. The van der Waals surface area contributed by atoms with Gasteiger partial charge in [0.15, 0.2) is 12.3 Å². The third-order valence-electron chi connectivity index (χ3n) is 2.99. The van der Waals surface area contributed by atoms with Crippen LogP contribution in [0.4, 0.5) is 5.69 Å². The Kier molecular flexibility index (Phi) is 3.86. The molecular weight excluding hydrogens is 284 g/mol. The largest absolute Gasteiger partial charge is 0.497 e. The zero-order chi connectivity index (χ0) is 15.4. The van der Waals surface area contributed by atoms with Crippen LogP contribution in [0.3, 0.4) is 0 Å². The number of anilines is 1. The molecule has 0 unspecified atom stereocenters. The quantitative estimate of drug-likeness (QED) is 0.776. The number of carbonyl (C=O) groups excluding carboxylic acids is 1. The first kappa shape index (κ1) is 13.9. The fraction of sp³-hybridized carbons (Fsp3) is 0.133. The number of carbonyl (C=O) groups is 1. The lowest BCUT2D eigenvalue weighted by Gasteiger charge is -2.08. The molecule has 7 nitrogen and oxygen atoms in total. The number of methoxy groups -OCH3 is 1. The summed E-state index contributed by atoms with van der Waals surface area (Å²) in [6, 6.07) is 10.6. The monoisotopic (exact) mass is 298 g/mol. The number of ether oxygens (including phenoxy) is 2. The number of hydrogen-bond acceptors (Lipinski definition) is 5. The highest BCUT2D eigenvalue weighted by atomic mass is 16.5. The van der Waals surface area contributed by atoms with Gasteiger partial charge in [0.25, 0.3) is 5.91 Å². The van der Waals surface area contributed by atoms with E-state index < -0.39 is 0 Å². The van der Waals surface area contributed by atoms with Gasteiger partial charge in [-0.1, -0.05) is 6.07 Å². The van der Waals surface area contributed by atoms with E-state index in [1.807, 2.05) is 0 Å². The summed E-state index contributed by atoms with van der Waals surface area (Å²) in [5, 5.41) is 10.4. The van der Waals surface area contributed by atoms with Crippen LogP contribution in [0.2, 0.25) is 0 Å². The molecule has 112 valence electrons. The number of benzene rings is 1. The van der Waals surface area contributed by atoms with Gasteiger partial charge in [-0.25, -0.2) is 0 Å². The first-order valence-electron chi connectivity index (χ1n) is 6.61. The average molecular weight is 298 g/mol. The Labute approximate surface area is 126 Å². The second-order valence-electron chi connectivity index (χ2n) is 4.53.